The van der Waals surface area contributed by atoms with E-state index in [4.69, 9.17) is 5.11 Å². The van der Waals surface area contributed by atoms with Crippen LogP contribution in [0.25, 0.3) is 6.08 Å². The first-order chi connectivity index (χ1) is 10.0. The minimum atomic E-state index is -1.04. The third-order valence-electron chi connectivity index (χ3n) is 2.58. The summed E-state index contributed by atoms with van der Waals surface area (Å²) in [6.07, 6.45) is 7.06. The molecule has 0 aliphatic rings. The molecular weight excluding hydrogens is 270 g/mol. The molecule has 2 rings (SSSR count). The highest BCUT2D eigenvalue weighted by Gasteiger charge is 2.07. The SMILES string of the molecule is Cc1cncc(C(=O)Nc2cc(/C=C/C(=O)O)ccn2)c1. The molecule has 0 saturated heterocycles. The Morgan fingerprint density at radius 3 is 2.81 bits per heavy atom. The number of pyridine rings is 2. The van der Waals surface area contributed by atoms with Crippen molar-refractivity contribution in [1.82, 2.24) is 9.97 Å². The van der Waals surface area contributed by atoms with Crippen LogP contribution in [0, 0.1) is 6.92 Å². The van der Waals surface area contributed by atoms with Crippen molar-refractivity contribution < 1.29 is 14.7 Å². The summed E-state index contributed by atoms with van der Waals surface area (Å²) in [6, 6.07) is 4.94. The fourth-order valence-electron chi connectivity index (χ4n) is 1.65. The quantitative estimate of drug-likeness (QED) is 0.839. The molecule has 2 aromatic rings. The van der Waals surface area contributed by atoms with Crippen LogP contribution in [0.4, 0.5) is 5.82 Å². The molecule has 0 radical (unpaired) electrons. The van der Waals surface area contributed by atoms with Crippen LogP contribution in [0.5, 0.6) is 0 Å². The number of hydrogen-bond donors (Lipinski definition) is 2. The fourth-order valence-corrected chi connectivity index (χ4v) is 1.65. The Morgan fingerprint density at radius 1 is 1.29 bits per heavy atom. The van der Waals surface area contributed by atoms with Crippen LogP contribution in [0.3, 0.4) is 0 Å². The average molecular weight is 283 g/mol. The van der Waals surface area contributed by atoms with Gasteiger partial charge in [-0.1, -0.05) is 0 Å². The lowest BCUT2D eigenvalue weighted by molar-refractivity contribution is -0.131. The van der Waals surface area contributed by atoms with E-state index in [0.717, 1.165) is 11.6 Å². The van der Waals surface area contributed by atoms with Crippen molar-refractivity contribution in [2.45, 2.75) is 6.92 Å². The van der Waals surface area contributed by atoms with Crippen LogP contribution in [-0.4, -0.2) is 27.0 Å². The van der Waals surface area contributed by atoms with Crippen LogP contribution < -0.4 is 5.32 Å². The Bertz CT molecular complexity index is 711. The van der Waals surface area contributed by atoms with Crippen molar-refractivity contribution in [1.29, 1.82) is 0 Å². The van der Waals surface area contributed by atoms with E-state index in [9.17, 15) is 9.59 Å². The van der Waals surface area contributed by atoms with Crippen molar-refractivity contribution in [3.63, 3.8) is 0 Å². The molecule has 0 aliphatic heterocycles. The molecule has 6 nitrogen and oxygen atoms in total. The van der Waals surface area contributed by atoms with Gasteiger partial charge in [0.1, 0.15) is 5.82 Å². The molecular formula is C15H13N3O3. The average Bonchev–Trinajstić information content (AvgIpc) is 2.45. The molecule has 2 heterocycles. The molecule has 0 saturated carbocycles. The lowest BCUT2D eigenvalue weighted by atomic mass is 10.2. The number of amides is 1. The molecule has 2 aromatic heterocycles. The number of aliphatic carboxylic acids is 1. The van der Waals surface area contributed by atoms with Gasteiger partial charge in [-0.3, -0.25) is 9.78 Å². The summed E-state index contributed by atoms with van der Waals surface area (Å²) in [7, 11) is 0. The number of carbonyl (C=O) groups excluding carboxylic acids is 1. The molecule has 2 N–H and O–H groups in total. The Kier molecular flexibility index (Phi) is 4.40. The van der Waals surface area contributed by atoms with E-state index in [1.807, 2.05) is 6.92 Å². The molecule has 0 spiro atoms. The standard InChI is InChI=1S/C15H13N3O3/c1-10-6-12(9-16-8-10)15(21)18-13-7-11(4-5-17-13)2-3-14(19)20/h2-9H,1H3,(H,19,20)(H,17,18,21)/b3-2+. The zero-order chi connectivity index (χ0) is 15.2. The van der Waals surface area contributed by atoms with Crippen LogP contribution in [-0.2, 0) is 4.79 Å². The second kappa shape index (κ2) is 6.42. The largest absolute Gasteiger partial charge is 0.478 e. The van der Waals surface area contributed by atoms with Crippen LogP contribution in [0.15, 0.2) is 42.9 Å². The van der Waals surface area contributed by atoms with Gasteiger partial charge in [-0.2, -0.15) is 0 Å². The topological polar surface area (TPSA) is 92.2 Å². The van der Waals surface area contributed by atoms with Gasteiger partial charge in [0.25, 0.3) is 5.91 Å². The van der Waals surface area contributed by atoms with Gasteiger partial charge in [0, 0.05) is 24.7 Å². The van der Waals surface area contributed by atoms with Crippen LogP contribution in [0.1, 0.15) is 21.5 Å². The number of hydrogen-bond acceptors (Lipinski definition) is 4. The fraction of sp³-hybridized carbons (Fsp3) is 0.0667. The zero-order valence-corrected chi connectivity index (χ0v) is 11.3. The first-order valence-electron chi connectivity index (χ1n) is 6.14. The number of nitrogens with one attached hydrogen (secondary N) is 1. The van der Waals surface area contributed by atoms with E-state index >= 15 is 0 Å². The predicted octanol–water partition coefficient (Wildman–Crippen LogP) is 2.14. The first-order valence-corrected chi connectivity index (χ1v) is 6.14. The number of aryl methyl sites for hydroxylation is 1. The van der Waals surface area contributed by atoms with Gasteiger partial charge in [0.2, 0.25) is 0 Å². The molecule has 21 heavy (non-hydrogen) atoms. The molecule has 0 unspecified atom stereocenters. The number of nitrogens with zero attached hydrogens (tertiary/aromatic N) is 2. The smallest absolute Gasteiger partial charge is 0.328 e. The van der Waals surface area contributed by atoms with Crippen LogP contribution in [0.2, 0.25) is 0 Å². The summed E-state index contributed by atoms with van der Waals surface area (Å²) in [6.45, 7) is 1.85. The van der Waals surface area contributed by atoms with Gasteiger partial charge >= 0.3 is 5.97 Å². The predicted molar refractivity (Wildman–Crippen MR) is 77.8 cm³/mol. The Hall–Kier alpha value is -3.02. The summed E-state index contributed by atoms with van der Waals surface area (Å²) in [4.78, 5) is 30.5. The number of carboxylic acid groups (broad SMARTS) is 1. The lowest BCUT2D eigenvalue weighted by Gasteiger charge is -2.05. The Labute approximate surface area is 121 Å². The summed E-state index contributed by atoms with van der Waals surface area (Å²) in [5.74, 6) is -1.02. The highest BCUT2D eigenvalue weighted by atomic mass is 16.4. The summed E-state index contributed by atoms with van der Waals surface area (Å²) < 4.78 is 0. The highest BCUT2D eigenvalue weighted by Crippen LogP contribution is 2.10. The van der Waals surface area contributed by atoms with Crippen molar-refractivity contribution in [2.75, 3.05) is 5.32 Å². The third-order valence-corrected chi connectivity index (χ3v) is 2.58. The third kappa shape index (κ3) is 4.24. The molecule has 0 aliphatic carbocycles. The van der Waals surface area contributed by atoms with Gasteiger partial charge in [0.05, 0.1) is 5.56 Å². The van der Waals surface area contributed by atoms with Gasteiger partial charge in [-0.15, -0.1) is 0 Å². The normalized spacial score (nSPS) is 10.5. The number of rotatable bonds is 4. The highest BCUT2D eigenvalue weighted by molar-refractivity contribution is 6.03. The number of anilines is 1. The van der Waals surface area contributed by atoms with Crippen molar-refractivity contribution >= 4 is 23.8 Å². The number of carboxylic acids is 1. The van der Waals surface area contributed by atoms with E-state index in [2.05, 4.69) is 15.3 Å². The van der Waals surface area contributed by atoms with Gasteiger partial charge in [-0.25, -0.2) is 9.78 Å². The molecule has 0 atom stereocenters. The monoisotopic (exact) mass is 283 g/mol. The molecule has 106 valence electrons. The van der Waals surface area contributed by atoms with Crippen molar-refractivity contribution in [3.8, 4) is 0 Å². The summed E-state index contributed by atoms with van der Waals surface area (Å²) >= 11 is 0. The summed E-state index contributed by atoms with van der Waals surface area (Å²) in [5.41, 5.74) is 1.95. The number of carbonyl (C=O) groups is 2. The van der Waals surface area contributed by atoms with Crippen LogP contribution >= 0.6 is 0 Å². The zero-order valence-electron chi connectivity index (χ0n) is 11.3. The minimum Gasteiger partial charge on any atom is -0.478 e. The van der Waals surface area contributed by atoms with E-state index in [1.54, 1.807) is 24.4 Å². The molecule has 0 aromatic carbocycles. The van der Waals surface area contributed by atoms with E-state index in [1.165, 1.54) is 18.5 Å². The van der Waals surface area contributed by atoms with Crippen molar-refractivity contribution in [2.24, 2.45) is 0 Å². The lowest BCUT2D eigenvalue weighted by Crippen LogP contribution is -2.13. The van der Waals surface area contributed by atoms with E-state index in [0.29, 0.717) is 16.9 Å². The maximum absolute atomic E-state index is 12.0. The molecule has 0 fully saturated rings. The van der Waals surface area contributed by atoms with Crippen molar-refractivity contribution in [3.05, 3.63) is 59.6 Å². The minimum absolute atomic E-state index is 0.321. The Balaban J connectivity index is 2.14. The van der Waals surface area contributed by atoms with E-state index in [-0.39, 0.29) is 5.91 Å². The van der Waals surface area contributed by atoms with Gasteiger partial charge < -0.3 is 10.4 Å². The van der Waals surface area contributed by atoms with Gasteiger partial charge in [-0.05, 0) is 42.3 Å². The molecule has 1 amide bonds. The Morgan fingerprint density at radius 2 is 2.10 bits per heavy atom. The maximum atomic E-state index is 12.0. The van der Waals surface area contributed by atoms with E-state index < -0.39 is 5.97 Å². The second-order valence-electron chi connectivity index (χ2n) is 4.35. The molecule has 6 heteroatoms. The summed E-state index contributed by atoms with van der Waals surface area (Å²) in [5, 5.41) is 11.2. The first kappa shape index (κ1) is 14.4. The number of aromatic nitrogens is 2. The molecule has 0 bridgehead atoms. The van der Waals surface area contributed by atoms with Gasteiger partial charge in [0.15, 0.2) is 0 Å². The second-order valence-corrected chi connectivity index (χ2v) is 4.35. The maximum Gasteiger partial charge on any atom is 0.328 e.